The Hall–Kier alpha value is -2.83. The van der Waals surface area contributed by atoms with Crippen molar-refractivity contribution in [2.24, 2.45) is 11.8 Å². The van der Waals surface area contributed by atoms with E-state index in [2.05, 4.69) is 4.74 Å². The summed E-state index contributed by atoms with van der Waals surface area (Å²) in [6.07, 6.45) is 1.26. The summed E-state index contributed by atoms with van der Waals surface area (Å²) in [5.41, 5.74) is 0.414. The van der Waals surface area contributed by atoms with Crippen molar-refractivity contribution in [1.82, 2.24) is 4.90 Å². The molecule has 0 unspecified atom stereocenters. The minimum absolute atomic E-state index is 0.207. The van der Waals surface area contributed by atoms with Crippen LogP contribution < -0.4 is 0 Å². The average Bonchev–Trinajstić information content (AvgIpc) is 3.40. The van der Waals surface area contributed by atoms with Gasteiger partial charge in [-0.05, 0) is 25.0 Å². The maximum Gasteiger partial charge on any atom is 0.323 e. The standard InChI is InChI=1S/C17H15NO6/c1-24-17(23)13(14(20)9-6-7-9)12(19)8-18-15(21)10-4-2-3-5-11(10)16(18)22/h2-5,9,13H,6-8H2,1H3/t13-/m1/s1. The second-order valence-electron chi connectivity index (χ2n) is 5.84. The molecule has 7 nitrogen and oxygen atoms in total. The second-order valence-corrected chi connectivity index (χ2v) is 5.84. The maximum atomic E-state index is 12.4. The van der Waals surface area contributed by atoms with E-state index in [-0.39, 0.29) is 17.0 Å². The Morgan fingerprint density at radius 2 is 1.67 bits per heavy atom. The molecular formula is C17H15NO6. The fraction of sp³-hybridized carbons (Fsp3) is 0.353. The molecule has 1 aliphatic heterocycles. The normalized spacial score (nSPS) is 17.5. The summed E-state index contributed by atoms with van der Waals surface area (Å²) in [5, 5.41) is 0. The summed E-state index contributed by atoms with van der Waals surface area (Å²) >= 11 is 0. The summed E-state index contributed by atoms with van der Waals surface area (Å²) in [6, 6.07) is 6.22. The molecule has 1 heterocycles. The Morgan fingerprint density at radius 3 is 2.12 bits per heavy atom. The second kappa shape index (κ2) is 5.99. The lowest BCUT2D eigenvalue weighted by Crippen LogP contribution is -2.42. The van der Waals surface area contributed by atoms with Crippen molar-refractivity contribution in [3.8, 4) is 0 Å². The lowest BCUT2D eigenvalue weighted by Gasteiger charge is -2.17. The van der Waals surface area contributed by atoms with E-state index in [4.69, 9.17) is 0 Å². The molecule has 1 aromatic carbocycles. The lowest BCUT2D eigenvalue weighted by atomic mass is 9.95. The maximum absolute atomic E-state index is 12.4. The highest BCUT2D eigenvalue weighted by Crippen LogP contribution is 2.33. The van der Waals surface area contributed by atoms with Crippen LogP contribution in [-0.4, -0.2) is 47.9 Å². The van der Waals surface area contributed by atoms with Crippen LogP contribution in [0.15, 0.2) is 24.3 Å². The van der Waals surface area contributed by atoms with E-state index >= 15 is 0 Å². The number of ketones is 2. The number of fused-ring (bicyclic) bond motifs is 1. The SMILES string of the molecule is COC(=O)[C@H](C(=O)CN1C(=O)c2ccccc2C1=O)C(=O)C1CC1. The predicted molar refractivity (Wildman–Crippen MR) is 80.1 cm³/mol. The highest BCUT2D eigenvalue weighted by molar-refractivity contribution is 6.25. The van der Waals surface area contributed by atoms with Crippen LogP contribution >= 0.6 is 0 Å². The van der Waals surface area contributed by atoms with Gasteiger partial charge in [0.25, 0.3) is 11.8 Å². The third kappa shape index (κ3) is 2.62. The summed E-state index contributed by atoms with van der Waals surface area (Å²) in [7, 11) is 1.09. The molecule has 1 fully saturated rings. The van der Waals surface area contributed by atoms with Crippen LogP contribution in [0.2, 0.25) is 0 Å². The molecule has 0 bridgehead atoms. The molecule has 1 atom stereocenters. The minimum Gasteiger partial charge on any atom is -0.468 e. The number of nitrogens with zero attached hydrogens (tertiary/aromatic N) is 1. The third-order valence-corrected chi connectivity index (χ3v) is 4.22. The van der Waals surface area contributed by atoms with E-state index < -0.39 is 41.8 Å². The van der Waals surface area contributed by atoms with E-state index in [0.29, 0.717) is 12.8 Å². The first-order valence-corrected chi connectivity index (χ1v) is 7.55. The minimum atomic E-state index is -1.58. The van der Waals surface area contributed by atoms with Gasteiger partial charge in [-0.15, -0.1) is 0 Å². The molecular weight excluding hydrogens is 314 g/mol. The summed E-state index contributed by atoms with van der Waals surface area (Å²) in [5.74, 6) is -5.35. The van der Waals surface area contributed by atoms with Crippen molar-refractivity contribution in [3.63, 3.8) is 0 Å². The summed E-state index contributed by atoms with van der Waals surface area (Å²) in [6.45, 7) is -0.620. The number of rotatable bonds is 6. The molecule has 0 spiro atoms. The molecule has 2 aliphatic rings. The number of carbonyl (C=O) groups is 5. The largest absolute Gasteiger partial charge is 0.468 e. The van der Waals surface area contributed by atoms with Crippen LogP contribution in [0.3, 0.4) is 0 Å². The number of carbonyl (C=O) groups excluding carboxylic acids is 5. The van der Waals surface area contributed by atoms with E-state index in [9.17, 15) is 24.0 Å². The Balaban J connectivity index is 1.81. The molecule has 0 aromatic heterocycles. The monoisotopic (exact) mass is 329 g/mol. The van der Waals surface area contributed by atoms with Crippen molar-refractivity contribution in [3.05, 3.63) is 35.4 Å². The van der Waals surface area contributed by atoms with E-state index in [0.717, 1.165) is 12.0 Å². The number of hydrogen-bond donors (Lipinski definition) is 0. The Morgan fingerprint density at radius 1 is 1.12 bits per heavy atom. The molecule has 1 aliphatic carbocycles. The van der Waals surface area contributed by atoms with Crippen molar-refractivity contribution in [1.29, 1.82) is 0 Å². The molecule has 0 saturated heterocycles. The molecule has 124 valence electrons. The van der Waals surface area contributed by atoms with E-state index in [1.165, 1.54) is 12.1 Å². The van der Waals surface area contributed by atoms with Crippen LogP contribution in [0.5, 0.6) is 0 Å². The van der Waals surface area contributed by atoms with E-state index in [1.54, 1.807) is 12.1 Å². The van der Waals surface area contributed by atoms with Crippen molar-refractivity contribution >= 4 is 29.4 Å². The molecule has 0 N–H and O–H groups in total. The van der Waals surface area contributed by atoms with Crippen molar-refractivity contribution in [2.75, 3.05) is 13.7 Å². The van der Waals surface area contributed by atoms with Gasteiger partial charge >= 0.3 is 5.97 Å². The van der Waals surface area contributed by atoms with Crippen LogP contribution in [0.1, 0.15) is 33.6 Å². The molecule has 3 rings (SSSR count). The van der Waals surface area contributed by atoms with Crippen LogP contribution in [-0.2, 0) is 19.1 Å². The first kappa shape index (κ1) is 16.0. The zero-order valence-electron chi connectivity index (χ0n) is 13.0. The number of methoxy groups -OCH3 is 1. The van der Waals surface area contributed by atoms with Gasteiger partial charge in [-0.3, -0.25) is 28.9 Å². The van der Waals surface area contributed by atoms with Gasteiger partial charge in [0.05, 0.1) is 24.8 Å². The Labute approximate surface area is 137 Å². The van der Waals surface area contributed by atoms with Crippen molar-refractivity contribution < 1.29 is 28.7 Å². The quantitative estimate of drug-likeness (QED) is 0.431. The van der Waals surface area contributed by atoms with Gasteiger partial charge in [0.1, 0.15) is 0 Å². The van der Waals surface area contributed by atoms with Gasteiger partial charge in [0, 0.05) is 5.92 Å². The van der Waals surface area contributed by atoms with Gasteiger partial charge in [-0.25, -0.2) is 0 Å². The molecule has 1 aromatic rings. The molecule has 24 heavy (non-hydrogen) atoms. The summed E-state index contributed by atoms with van der Waals surface area (Å²) in [4.78, 5) is 61.8. The number of benzene rings is 1. The van der Waals surface area contributed by atoms with Crippen molar-refractivity contribution in [2.45, 2.75) is 12.8 Å². The Bertz CT molecular complexity index is 729. The van der Waals surface area contributed by atoms with Gasteiger partial charge in [0.2, 0.25) is 0 Å². The lowest BCUT2D eigenvalue weighted by molar-refractivity contribution is -0.153. The van der Waals surface area contributed by atoms with Crippen LogP contribution in [0.25, 0.3) is 0 Å². The highest BCUT2D eigenvalue weighted by Gasteiger charge is 2.45. The van der Waals surface area contributed by atoms with Crippen LogP contribution in [0.4, 0.5) is 0 Å². The average molecular weight is 329 g/mol. The van der Waals surface area contributed by atoms with Gasteiger partial charge in [-0.2, -0.15) is 0 Å². The molecule has 2 amide bonds. The smallest absolute Gasteiger partial charge is 0.323 e. The highest BCUT2D eigenvalue weighted by atomic mass is 16.5. The number of Topliss-reactive ketones (excluding diaryl/α,β-unsaturated/α-hetero) is 2. The number of amides is 2. The number of hydrogen-bond acceptors (Lipinski definition) is 6. The molecule has 7 heteroatoms. The van der Waals surface area contributed by atoms with Gasteiger partial charge < -0.3 is 4.74 Å². The fourth-order valence-corrected chi connectivity index (χ4v) is 2.76. The molecule has 0 radical (unpaired) electrons. The first-order chi connectivity index (χ1) is 11.5. The topological polar surface area (TPSA) is 97.8 Å². The fourth-order valence-electron chi connectivity index (χ4n) is 2.76. The van der Waals surface area contributed by atoms with Gasteiger partial charge in [-0.1, -0.05) is 12.1 Å². The molecule has 1 saturated carbocycles. The number of esters is 1. The Kier molecular flexibility index (Phi) is 4.01. The number of ether oxygens (including phenoxy) is 1. The zero-order chi connectivity index (χ0) is 17.4. The van der Waals surface area contributed by atoms with Crippen LogP contribution in [0, 0.1) is 11.8 Å². The zero-order valence-corrected chi connectivity index (χ0v) is 13.0. The number of imide groups is 1. The van der Waals surface area contributed by atoms with Gasteiger partial charge in [0.15, 0.2) is 17.5 Å². The predicted octanol–water partition coefficient (Wildman–Crippen LogP) is 0.620. The summed E-state index contributed by atoms with van der Waals surface area (Å²) < 4.78 is 4.54. The van der Waals surface area contributed by atoms with E-state index in [1.807, 2.05) is 0 Å². The third-order valence-electron chi connectivity index (χ3n) is 4.22. The first-order valence-electron chi connectivity index (χ1n) is 7.55.